The van der Waals surface area contributed by atoms with Gasteiger partial charge in [0.15, 0.2) is 5.96 Å². The predicted molar refractivity (Wildman–Crippen MR) is 80.7 cm³/mol. The smallest absolute Gasteiger partial charge is 0.191 e. The monoisotopic (exact) mass is 276 g/mol. The molecule has 0 spiro atoms. The van der Waals surface area contributed by atoms with Crippen LogP contribution in [0.4, 0.5) is 0 Å². The minimum absolute atomic E-state index is 0.480. The van der Waals surface area contributed by atoms with Gasteiger partial charge in [0, 0.05) is 25.6 Å². The lowest BCUT2D eigenvalue weighted by atomic mass is 10.2. The molecule has 0 saturated heterocycles. The predicted octanol–water partition coefficient (Wildman–Crippen LogP) is 1.11. The van der Waals surface area contributed by atoms with Gasteiger partial charge in [0.05, 0.1) is 6.54 Å². The fraction of sp³-hybridized carbons (Fsp3) is 0.643. The Labute approximate surface area is 120 Å². The third kappa shape index (κ3) is 4.08. The lowest BCUT2D eigenvalue weighted by Crippen LogP contribution is -2.42. The number of guanidine groups is 1. The van der Waals surface area contributed by atoms with Crippen LogP contribution in [-0.2, 0) is 13.0 Å². The molecule has 0 saturated carbocycles. The van der Waals surface area contributed by atoms with E-state index in [1.807, 2.05) is 0 Å². The second kappa shape index (κ2) is 7.67. The Kier molecular flexibility index (Phi) is 5.58. The van der Waals surface area contributed by atoms with Crippen molar-refractivity contribution in [2.75, 3.05) is 13.1 Å². The van der Waals surface area contributed by atoms with Crippen LogP contribution in [0.15, 0.2) is 23.5 Å². The minimum Gasteiger partial charge on any atom is -0.357 e. The molecule has 0 fully saturated rings. The van der Waals surface area contributed by atoms with E-state index in [1.165, 1.54) is 0 Å². The normalized spacial score (nSPS) is 15.8. The number of hydrogen-bond acceptors (Lipinski definition) is 3. The largest absolute Gasteiger partial charge is 0.357 e. The molecule has 0 bridgehead atoms. The highest BCUT2D eigenvalue weighted by atomic mass is 15.3. The zero-order valence-corrected chi connectivity index (χ0v) is 12.3. The van der Waals surface area contributed by atoms with Gasteiger partial charge in [-0.15, -0.1) is 10.2 Å². The van der Waals surface area contributed by atoms with Crippen LogP contribution in [0, 0.1) is 0 Å². The van der Waals surface area contributed by atoms with Gasteiger partial charge >= 0.3 is 0 Å². The fourth-order valence-electron chi connectivity index (χ4n) is 2.26. The molecule has 0 aliphatic heterocycles. The maximum atomic E-state index is 4.62. The molecule has 2 rings (SSSR count). The Bertz CT molecular complexity index is 454. The topological polar surface area (TPSA) is 67.1 Å². The van der Waals surface area contributed by atoms with Crippen molar-refractivity contribution in [1.29, 1.82) is 0 Å². The number of nitrogens with one attached hydrogen (secondary N) is 2. The first-order valence-corrected chi connectivity index (χ1v) is 7.40. The molecule has 2 N–H and O–H groups in total. The summed E-state index contributed by atoms with van der Waals surface area (Å²) in [6.07, 6.45) is 9.26. The van der Waals surface area contributed by atoms with Gasteiger partial charge in [0.1, 0.15) is 12.2 Å². The van der Waals surface area contributed by atoms with Gasteiger partial charge < -0.3 is 15.2 Å². The molecule has 0 aromatic carbocycles. The Morgan fingerprint density at radius 1 is 1.40 bits per heavy atom. The van der Waals surface area contributed by atoms with Gasteiger partial charge in [-0.25, -0.2) is 0 Å². The lowest BCUT2D eigenvalue weighted by Gasteiger charge is -2.16. The van der Waals surface area contributed by atoms with E-state index >= 15 is 0 Å². The van der Waals surface area contributed by atoms with Crippen LogP contribution < -0.4 is 10.6 Å². The molecule has 1 aliphatic rings. The summed E-state index contributed by atoms with van der Waals surface area (Å²) in [5.41, 5.74) is 0. The molecular formula is C14H24N6. The SMILES string of the molecule is CCNC(=NCCn1cnnc1CC)NC1CC=CC1. The average Bonchev–Trinajstić information content (AvgIpc) is 3.10. The maximum absolute atomic E-state index is 4.62. The van der Waals surface area contributed by atoms with Gasteiger partial charge in [-0.2, -0.15) is 0 Å². The third-order valence-corrected chi connectivity index (χ3v) is 3.32. The van der Waals surface area contributed by atoms with Crippen molar-refractivity contribution in [1.82, 2.24) is 25.4 Å². The summed E-state index contributed by atoms with van der Waals surface area (Å²) in [5, 5.41) is 14.8. The number of aliphatic imine (C=N–C) groups is 1. The van der Waals surface area contributed by atoms with Crippen LogP contribution in [0.25, 0.3) is 0 Å². The Balaban J connectivity index is 1.85. The van der Waals surface area contributed by atoms with E-state index in [9.17, 15) is 0 Å². The summed E-state index contributed by atoms with van der Waals surface area (Å²) in [6.45, 7) is 6.58. The average molecular weight is 276 g/mol. The van der Waals surface area contributed by atoms with E-state index in [-0.39, 0.29) is 0 Å². The van der Waals surface area contributed by atoms with E-state index in [4.69, 9.17) is 0 Å². The van der Waals surface area contributed by atoms with Crippen molar-refractivity contribution >= 4 is 5.96 Å². The van der Waals surface area contributed by atoms with Crippen molar-refractivity contribution in [3.63, 3.8) is 0 Å². The molecule has 6 nitrogen and oxygen atoms in total. The molecule has 1 heterocycles. The van der Waals surface area contributed by atoms with E-state index in [1.54, 1.807) is 6.33 Å². The van der Waals surface area contributed by atoms with Gasteiger partial charge in [-0.3, -0.25) is 4.99 Å². The Morgan fingerprint density at radius 3 is 2.90 bits per heavy atom. The highest BCUT2D eigenvalue weighted by molar-refractivity contribution is 5.80. The molecule has 1 aromatic rings. The van der Waals surface area contributed by atoms with Crippen LogP contribution in [-0.4, -0.2) is 39.9 Å². The van der Waals surface area contributed by atoms with Crippen LogP contribution in [0.5, 0.6) is 0 Å². The van der Waals surface area contributed by atoms with Crippen molar-refractivity contribution in [2.24, 2.45) is 4.99 Å². The molecule has 0 unspecified atom stereocenters. The number of aryl methyl sites for hydroxylation is 1. The molecule has 1 aromatic heterocycles. The highest BCUT2D eigenvalue weighted by Crippen LogP contribution is 2.08. The fourth-order valence-corrected chi connectivity index (χ4v) is 2.26. The zero-order chi connectivity index (χ0) is 14.2. The quantitative estimate of drug-likeness (QED) is 0.464. The lowest BCUT2D eigenvalue weighted by molar-refractivity contribution is 0.624. The second-order valence-corrected chi connectivity index (χ2v) is 4.84. The van der Waals surface area contributed by atoms with Crippen LogP contribution >= 0.6 is 0 Å². The number of nitrogens with zero attached hydrogens (tertiary/aromatic N) is 4. The first-order chi connectivity index (χ1) is 9.83. The highest BCUT2D eigenvalue weighted by Gasteiger charge is 2.11. The molecule has 0 radical (unpaired) electrons. The molecule has 0 atom stereocenters. The molecule has 1 aliphatic carbocycles. The summed E-state index contributed by atoms with van der Waals surface area (Å²) in [7, 11) is 0. The minimum atomic E-state index is 0.480. The van der Waals surface area contributed by atoms with Crippen LogP contribution in [0.3, 0.4) is 0 Å². The number of aromatic nitrogens is 3. The molecule has 6 heteroatoms. The van der Waals surface area contributed by atoms with Crippen molar-refractivity contribution < 1.29 is 0 Å². The van der Waals surface area contributed by atoms with E-state index in [0.717, 1.165) is 50.7 Å². The van der Waals surface area contributed by atoms with Crippen molar-refractivity contribution in [2.45, 2.75) is 45.7 Å². The second-order valence-electron chi connectivity index (χ2n) is 4.84. The number of hydrogen-bond donors (Lipinski definition) is 2. The maximum Gasteiger partial charge on any atom is 0.191 e. The van der Waals surface area contributed by atoms with Crippen LogP contribution in [0.2, 0.25) is 0 Å². The van der Waals surface area contributed by atoms with Gasteiger partial charge in [-0.1, -0.05) is 19.1 Å². The molecule has 110 valence electrons. The summed E-state index contributed by atoms with van der Waals surface area (Å²) in [5.74, 6) is 1.91. The van der Waals surface area contributed by atoms with Crippen molar-refractivity contribution in [3.8, 4) is 0 Å². The molecular weight excluding hydrogens is 252 g/mol. The van der Waals surface area contributed by atoms with Crippen molar-refractivity contribution in [3.05, 3.63) is 24.3 Å². The Morgan fingerprint density at radius 2 is 2.20 bits per heavy atom. The summed E-state index contributed by atoms with van der Waals surface area (Å²) >= 11 is 0. The summed E-state index contributed by atoms with van der Waals surface area (Å²) in [4.78, 5) is 4.62. The van der Waals surface area contributed by atoms with Gasteiger partial charge in [-0.05, 0) is 19.8 Å². The summed E-state index contributed by atoms with van der Waals surface area (Å²) < 4.78 is 2.06. The number of rotatable bonds is 6. The molecule has 0 amide bonds. The van der Waals surface area contributed by atoms with E-state index < -0.39 is 0 Å². The standard InChI is InChI=1S/C14H24N6/c1-3-13-19-17-11-20(13)10-9-16-14(15-4-2)18-12-7-5-6-8-12/h5-6,11-12H,3-4,7-10H2,1-2H3,(H2,15,16,18). The van der Waals surface area contributed by atoms with Gasteiger partial charge in [0.2, 0.25) is 0 Å². The Hall–Kier alpha value is -1.85. The van der Waals surface area contributed by atoms with E-state index in [0.29, 0.717) is 6.04 Å². The third-order valence-electron chi connectivity index (χ3n) is 3.32. The first-order valence-electron chi connectivity index (χ1n) is 7.40. The van der Waals surface area contributed by atoms with E-state index in [2.05, 4.69) is 56.4 Å². The van der Waals surface area contributed by atoms with Gasteiger partial charge in [0.25, 0.3) is 0 Å². The summed E-state index contributed by atoms with van der Waals surface area (Å²) in [6, 6.07) is 0.480. The molecule has 20 heavy (non-hydrogen) atoms. The van der Waals surface area contributed by atoms with Crippen LogP contribution in [0.1, 0.15) is 32.5 Å². The first kappa shape index (κ1) is 14.6. The zero-order valence-electron chi connectivity index (χ0n) is 12.3.